The number of rotatable bonds is 7. The molecule has 184 valence electrons. The second-order valence-corrected chi connectivity index (χ2v) is 9.24. The van der Waals surface area contributed by atoms with Crippen molar-refractivity contribution in [3.63, 3.8) is 0 Å². The summed E-state index contributed by atoms with van der Waals surface area (Å²) in [5.41, 5.74) is 0.136. The predicted octanol–water partition coefficient (Wildman–Crippen LogP) is 4.44. The van der Waals surface area contributed by atoms with E-state index in [2.05, 4.69) is 20.7 Å². The number of amides is 2. The number of aryl methyl sites for hydroxylation is 1. The van der Waals surface area contributed by atoms with Gasteiger partial charge in [-0.05, 0) is 44.5 Å². The maximum absolute atomic E-state index is 13.4. The maximum atomic E-state index is 13.4. The Morgan fingerprint density at radius 1 is 1.17 bits per heavy atom. The molecule has 0 bridgehead atoms. The van der Waals surface area contributed by atoms with Gasteiger partial charge < -0.3 is 15.4 Å². The number of carbonyl (C=O) groups excluding carboxylic acids is 2. The molecule has 1 aromatic carbocycles. The van der Waals surface area contributed by atoms with Gasteiger partial charge in [-0.25, -0.2) is 9.67 Å². The number of anilines is 1. The molecular formula is C24H21Cl2N7O3. The van der Waals surface area contributed by atoms with Crippen LogP contribution in [0.2, 0.25) is 10.0 Å². The van der Waals surface area contributed by atoms with Gasteiger partial charge in [0.15, 0.2) is 5.82 Å². The Hall–Kier alpha value is -4.12. The largest absolute Gasteiger partial charge is 0.480 e. The van der Waals surface area contributed by atoms with Gasteiger partial charge in [-0.15, -0.1) is 5.10 Å². The van der Waals surface area contributed by atoms with E-state index in [9.17, 15) is 14.9 Å². The summed E-state index contributed by atoms with van der Waals surface area (Å²) in [4.78, 5) is 30.7. The first kappa shape index (κ1) is 26.5. The number of ether oxygens (including phenoxy) is 1. The molecule has 2 heterocycles. The zero-order chi connectivity index (χ0) is 26.6. The van der Waals surface area contributed by atoms with Crippen LogP contribution in [0.25, 0.3) is 5.82 Å². The highest BCUT2D eigenvalue weighted by atomic mass is 35.5. The van der Waals surface area contributed by atoms with Crippen LogP contribution in [0, 0.1) is 29.6 Å². The first-order valence-electron chi connectivity index (χ1n) is 10.5. The molecule has 3 rings (SSSR count). The van der Waals surface area contributed by atoms with E-state index in [1.165, 1.54) is 36.2 Å². The molecule has 0 saturated carbocycles. The zero-order valence-electron chi connectivity index (χ0n) is 19.8. The van der Waals surface area contributed by atoms with E-state index in [1.54, 1.807) is 26.8 Å². The zero-order valence-corrected chi connectivity index (χ0v) is 21.3. The smallest absolute Gasteiger partial charge is 0.274 e. The van der Waals surface area contributed by atoms with Crippen molar-refractivity contribution in [3.05, 3.63) is 62.9 Å². The maximum Gasteiger partial charge on any atom is 0.274 e. The van der Waals surface area contributed by atoms with Crippen molar-refractivity contribution in [1.82, 2.24) is 20.1 Å². The summed E-state index contributed by atoms with van der Waals surface area (Å²) in [6.07, 6.45) is 1.42. The second kappa shape index (κ2) is 10.6. The van der Waals surface area contributed by atoms with Gasteiger partial charge in [0.05, 0.1) is 52.5 Å². The van der Waals surface area contributed by atoms with Crippen LogP contribution in [0.3, 0.4) is 0 Å². The van der Waals surface area contributed by atoms with E-state index >= 15 is 0 Å². The van der Waals surface area contributed by atoms with Crippen LogP contribution in [0.15, 0.2) is 30.5 Å². The number of methoxy groups -OCH3 is 1. The minimum atomic E-state index is -0.841. The van der Waals surface area contributed by atoms with E-state index in [0.29, 0.717) is 10.6 Å². The Morgan fingerprint density at radius 3 is 2.50 bits per heavy atom. The number of carbonyl (C=O) groups is 2. The topological polar surface area (TPSA) is 146 Å². The molecule has 0 saturated heterocycles. The summed E-state index contributed by atoms with van der Waals surface area (Å²) in [6.45, 7) is 5.05. The minimum Gasteiger partial charge on any atom is -0.480 e. The summed E-state index contributed by atoms with van der Waals surface area (Å²) in [6, 6.07) is 9.78. The van der Waals surface area contributed by atoms with Crippen molar-refractivity contribution < 1.29 is 14.3 Å². The SMILES string of the molecule is COc1cc(C(=O)Nc2c(C)cc(C#N)cc2C(=O)NC(C)(C)CC#N)n(-c2ncc(Cl)cc2Cl)n1. The lowest BCUT2D eigenvalue weighted by Gasteiger charge is -2.24. The predicted molar refractivity (Wildman–Crippen MR) is 134 cm³/mol. The van der Waals surface area contributed by atoms with Crippen molar-refractivity contribution in [3.8, 4) is 23.8 Å². The van der Waals surface area contributed by atoms with E-state index in [1.807, 2.05) is 12.1 Å². The van der Waals surface area contributed by atoms with E-state index in [-0.39, 0.29) is 45.6 Å². The van der Waals surface area contributed by atoms with Crippen LogP contribution >= 0.6 is 23.2 Å². The van der Waals surface area contributed by atoms with E-state index in [0.717, 1.165) is 0 Å². The third-order valence-electron chi connectivity index (χ3n) is 5.04. The Balaban J connectivity index is 2.06. The molecule has 12 heteroatoms. The second-order valence-electron chi connectivity index (χ2n) is 8.40. The molecule has 0 aliphatic heterocycles. The van der Waals surface area contributed by atoms with Gasteiger partial charge in [0.25, 0.3) is 11.8 Å². The summed E-state index contributed by atoms with van der Waals surface area (Å²) in [5, 5.41) is 28.6. The molecule has 0 radical (unpaired) electrons. The van der Waals surface area contributed by atoms with Crippen molar-refractivity contribution in [2.75, 3.05) is 12.4 Å². The molecule has 0 unspecified atom stereocenters. The Labute approximate surface area is 217 Å². The quantitative estimate of drug-likeness (QED) is 0.463. The monoisotopic (exact) mass is 525 g/mol. The number of nitrogens with one attached hydrogen (secondary N) is 2. The van der Waals surface area contributed by atoms with Crippen LogP contribution in [-0.2, 0) is 0 Å². The number of hydrogen-bond acceptors (Lipinski definition) is 7. The van der Waals surface area contributed by atoms with Crippen molar-refractivity contribution >= 4 is 40.7 Å². The number of halogens is 2. The Bertz CT molecular complexity index is 1430. The molecule has 36 heavy (non-hydrogen) atoms. The number of nitrogens with zero attached hydrogens (tertiary/aromatic N) is 5. The molecule has 0 spiro atoms. The number of pyridine rings is 1. The molecule has 0 atom stereocenters. The van der Waals surface area contributed by atoms with Gasteiger partial charge in [-0.3, -0.25) is 9.59 Å². The fraction of sp³-hybridized carbons (Fsp3) is 0.250. The van der Waals surface area contributed by atoms with Crippen molar-refractivity contribution in [2.24, 2.45) is 0 Å². The average molecular weight is 526 g/mol. The van der Waals surface area contributed by atoms with Crippen LogP contribution in [-0.4, -0.2) is 39.2 Å². The normalized spacial score (nSPS) is 10.8. The molecule has 0 aliphatic carbocycles. The summed E-state index contributed by atoms with van der Waals surface area (Å²) < 4.78 is 6.38. The molecule has 10 nitrogen and oxygen atoms in total. The van der Waals surface area contributed by atoms with Gasteiger partial charge in [0, 0.05) is 17.8 Å². The first-order valence-corrected chi connectivity index (χ1v) is 11.3. The lowest BCUT2D eigenvalue weighted by Crippen LogP contribution is -2.43. The van der Waals surface area contributed by atoms with E-state index in [4.69, 9.17) is 33.2 Å². The molecule has 2 N–H and O–H groups in total. The van der Waals surface area contributed by atoms with Gasteiger partial charge in [0.2, 0.25) is 5.88 Å². The molecule has 3 aromatic rings. The van der Waals surface area contributed by atoms with Crippen LogP contribution < -0.4 is 15.4 Å². The highest BCUT2D eigenvalue weighted by Gasteiger charge is 2.26. The molecular weight excluding hydrogens is 505 g/mol. The number of hydrogen-bond donors (Lipinski definition) is 2. The highest BCUT2D eigenvalue weighted by molar-refractivity contribution is 6.35. The van der Waals surface area contributed by atoms with E-state index < -0.39 is 17.4 Å². The number of aromatic nitrogens is 3. The lowest BCUT2D eigenvalue weighted by molar-refractivity contribution is 0.0915. The van der Waals surface area contributed by atoms with Crippen molar-refractivity contribution in [2.45, 2.75) is 32.7 Å². The fourth-order valence-corrected chi connectivity index (χ4v) is 3.80. The molecule has 2 aromatic heterocycles. The number of benzene rings is 1. The minimum absolute atomic E-state index is 0.0171. The first-order chi connectivity index (χ1) is 17.0. The van der Waals surface area contributed by atoms with Gasteiger partial charge in [-0.1, -0.05) is 23.2 Å². The molecule has 2 amide bonds. The Kier molecular flexibility index (Phi) is 7.83. The van der Waals surface area contributed by atoms with Crippen LogP contribution in [0.4, 0.5) is 5.69 Å². The molecule has 0 aliphatic rings. The Morgan fingerprint density at radius 2 is 1.89 bits per heavy atom. The summed E-state index contributed by atoms with van der Waals surface area (Å²) >= 11 is 12.2. The molecule has 0 fully saturated rings. The summed E-state index contributed by atoms with van der Waals surface area (Å²) in [7, 11) is 1.39. The third-order valence-corrected chi connectivity index (χ3v) is 5.52. The highest BCUT2D eigenvalue weighted by Crippen LogP contribution is 2.28. The van der Waals surface area contributed by atoms with Gasteiger partial charge in [-0.2, -0.15) is 10.5 Å². The van der Waals surface area contributed by atoms with Gasteiger partial charge in [0.1, 0.15) is 5.69 Å². The van der Waals surface area contributed by atoms with Crippen LogP contribution in [0.1, 0.15) is 52.2 Å². The van der Waals surface area contributed by atoms with Crippen molar-refractivity contribution in [1.29, 1.82) is 10.5 Å². The van der Waals surface area contributed by atoms with Gasteiger partial charge >= 0.3 is 0 Å². The average Bonchev–Trinajstić information content (AvgIpc) is 3.24. The lowest BCUT2D eigenvalue weighted by atomic mass is 9.98. The third kappa shape index (κ3) is 5.74. The van der Waals surface area contributed by atoms with Crippen LogP contribution in [0.5, 0.6) is 5.88 Å². The summed E-state index contributed by atoms with van der Waals surface area (Å²) in [5.74, 6) is -0.931. The number of nitriles is 2. The fourth-order valence-electron chi connectivity index (χ4n) is 3.34. The standard InChI is InChI=1S/C24H21Cl2N7O3/c1-13-7-14(11-28)8-16(22(34)31-24(2,3)5-6-27)20(13)30-23(35)18-10-19(36-4)32-33(18)21-17(26)9-15(25)12-29-21/h7-10,12H,5H2,1-4H3,(H,30,35)(H,31,34).